The van der Waals surface area contributed by atoms with Gasteiger partial charge in [0.2, 0.25) is 0 Å². The molecule has 0 aliphatic heterocycles. The van der Waals surface area contributed by atoms with E-state index in [2.05, 4.69) is 12.2 Å². The van der Waals surface area contributed by atoms with Crippen molar-refractivity contribution in [1.82, 2.24) is 5.32 Å². The first kappa shape index (κ1) is 14.3. The summed E-state index contributed by atoms with van der Waals surface area (Å²) in [7, 11) is 0. The molecule has 3 nitrogen and oxygen atoms in total. The Morgan fingerprint density at radius 1 is 1.33 bits per heavy atom. The molecular formula is C15H21NO2. The lowest BCUT2D eigenvalue weighted by Gasteiger charge is -2.06. The van der Waals surface area contributed by atoms with Gasteiger partial charge in [-0.25, -0.2) is 4.79 Å². The summed E-state index contributed by atoms with van der Waals surface area (Å²) < 4.78 is 5.15. The summed E-state index contributed by atoms with van der Waals surface area (Å²) in [6.45, 7) is 5.22. The summed E-state index contributed by atoms with van der Waals surface area (Å²) >= 11 is 0. The average Bonchev–Trinajstić information content (AvgIpc) is 2.38. The summed E-state index contributed by atoms with van der Waals surface area (Å²) in [4.78, 5) is 11.5. The fourth-order valence-corrected chi connectivity index (χ4v) is 1.46. The van der Waals surface area contributed by atoms with Gasteiger partial charge in [-0.15, -0.1) is 0 Å². The van der Waals surface area contributed by atoms with E-state index in [9.17, 15) is 4.79 Å². The zero-order valence-electron chi connectivity index (χ0n) is 11.1. The molecule has 0 amide bonds. The normalized spacial score (nSPS) is 11.1. The number of nitrogens with one attached hydrogen (secondary N) is 1. The van der Waals surface area contributed by atoms with E-state index in [-0.39, 0.29) is 5.97 Å². The number of hydrogen-bond acceptors (Lipinski definition) is 3. The molecule has 18 heavy (non-hydrogen) atoms. The van der Waals surface area contributed by atoms with Crippen LogP contribution in [0.1, 0.15) is 32.3 Å². The Morgan fingerprint density at radius 3 is 2.72 bits per heavy atom. The van der Waals surface area contributed by atoms with Gasteiger partial charge in [-0.05, 0) is 18.9 Å². The van der Waals surface area contributed by atoms with Gasteiger partial charge in [0.25, 0.3) is 0 Å². The van der Waals surface area contributed by atoms with Crippen molar-refractivity contribution in [2.24, 2.45) is 0 Å². The van der Waals surface area contributed by atoms with Crippen LogP contribution in [0.15, 0.2) is 42.1 Å². The van der Waals surface area contributed by atoms with Crippen molar-refractivity contribution in [2.45, 2.75) is 33.3 Å². The van der Waals surface area contributed by atoms with E-state index in [4.69, 9.17) is 4.74 Å². The number of unbranched alkanes of at least 4 members (excludes halogenated alkanes) is 1. The van der Waals surface area contributed by atoms with Crippen molar-refractivity contribution >= 4 is 5.97 Å². The molecule has 0 aliphatic rings. The lowest BCUT2D eigenvalue weighted by molar-refractivity contribution is -0.139. The van der Waals surface area contributed by atoms with Crippen LogP contribution >= 0.6 is 0 Å². The van der Waals surface area contributed by atoms with Crippen LogP contribution < -0.4 is 5.32 Å². The molecule has 3 heteroatoms. The molecule has 1 aromatic carbocycles. The quantitative estimate of drug-likeness (QED) is 0.457. The first-order chi connectivity index (χ1) is 8.72. The van der Waals surface area contributed by atoms with Crippen molar-refractivity contribution in [3.8, 4) is 0 Å². The predicted octanol–water partition coefficient (Wildman–Crippen LogP) is 3.02. The summed E-state index contributed by atoms with van der Waals surface area (Å²) in [6, 6.07) is 9.66. The third-order valence-electron chi connectivity index (χ3n) is 2.49. The second-order valence-electron chi connectivity index (χ2n) is 4.20. The van der Waals surface area contributed by atoms with E-state index in [1.165, 1.54) is 6.08 Å². The number of allylic oxidation sites excluding steroid dienone is 1. The molecule has 1 aromatic rings. The number of carbonyl (C=O) groups excluding carboxylic acids is 1. The van der Waals surface area contributed by atoms with Crippen LogP contribution in [0.2, 0.25) is 0 Å². The summed E-state index contributed by atoms with van der Waals surface area (Å²) in [5.41, 5.74) is 1.84. The second kappa shape index (κ2) is 8.34. The second-order valence-corrected chi connectivity index (χ2v) is 4.20. The number of rotatable bonds is 7. The van der Waals surface area contributed by atoms with Gasteiger partial charge in [0.15, 0.2) is 0 Å². The molecule has 98 valence electrons. The van der Waals surface area contributed by atoms with Crippen molar-refractivity contribution in [1.29, 1.82) is 0 Å². The van der Waals surface area contributed by atoms with Gasteiger partial charge in [0, 0.05) is 18.3 Å². The van der Waals surface area contributed by atoms with Gasteiger partial charge in [0.05, 0.1) is 0 Å². The molecule has 0 bridgehead atoms. The first-order valence-electron chi connectivity index (χ1n) is 6.35. The van der Waals surface area contributed by atoms with Gasteiger partial charge in [0.1, 0.15) is 6.61 Å². The van der Waals surface area contributed by atoms with E-state index in [1.54, 1.807) is 0 Å². The molecule has 0 heterocycles. The Labute approximate surface area is 109 Å². The van der Waals surface area contributed by atoms with Gasteiger partial charge >= 0.3 is 5.97 Å². The Morgan fingerprint density at radius 2 is 2.06 bits per heavy atom. The Kier molecular flexibility index (Phi) is 6.62. The molecule has 1 rings (SSSR count). The maximum absolute atomic E-state index is 11.5. The molecule has 0 fully saturated rings. The topological polar surface area (TPSA) is 38.3 Å². The van der Waals surface area contributed by atoms with E-state index in [0.717, 1.165) is 30.6 Å². The minimum absolute atomic E-state index is 0.305. The highest BCUT2D eigenvalue weighted by atomic mass is 16.5. The maximum atomic E-state index is 11.5. The van der Waals surface area contributed by atoms with Crippen molar-refractivity contribution in [3.63, 3.8) is 0 Å². The smallest absolute Gasteiger partial charge is 0.332 e. The maximum Gasteiger partial charge on any atom is 0.332 e. The number of benzene rings is 1. The Hall–Kier alpha value is -1.77. The van der Waals surface area contributed by atoms with Crippen LogP contribution in [-0.2, 0) is 16.1 Å². The number of esters is 1. The zero-order valence-corrected chi connectivity index (χ0v) is 11.1. The molecule has 0 unspecified atom stereocenters. The van der Waals surface area contributed by atoms with E-state index < -0.39 is 0 Å². The van der Waals surface area contributed by atoms with E-state index in [0.29, 0.717) is 6.61 Å². The monoisotopic (exact) mass is 247 g/mol. The lowest BCUT2D eigenvalue weighted by atomic mass is 10.2. The molecule has 0 aromatic heterocycles. The van der Waals surface area contributed by atoms with E-state index in [1.807, 2.05) is 37.3 Å². The minimum Gasteiger partial charge on any atom is -0.458 e. The Bertz CT molecular complexity index is 385. The molecule has 0 spiro atoms. The van der Waals surface area contributed by atoms with Crippen molar-refractivity contribution < 1.29 is 9.53 Å². The van der Waals surface area contributed by atoms with Crippen LogP contribution in [-0.4, -0.2) is 12.5 Å². The van der Waals surface area contributed by atoms with Crippen molar-refractivity contribution in [2.75, 3.05) is 6.54 Å². The van der Waals surface area contributed by atoms with Crippen LogP contribution in [0.4, 0.5) is 0 Å². The van der Waals surface area contributed by atoms with Crippen molar-refractivity contribution in [3.05, 3.63) is 47.7 Å². The molecule has 1 N–H and O–H groups in total. The Balaban J connectivity index is 2.30. The summed E-state index contributed by atoms with van der Waals surface area (Å²) in [5, 5.41) is 3.17. The molecule has 0 saturated carbocycles. The highest BCUT2D eigenvalue weighted by Crippen LogP contribution is 2.01. The zero-order chi connectivity index (χ0) is 13.2. The van der Waals surface area contributed by atoms with Crippen LogP contribution in [0.25, 0.3) is 0 Å². The van der Waals surface area contributed by atoms with Gasteiger partial charge < -0.3 is 10.1 Å². The summed E-state index contributed by atoms with van der Waals surface area (Å²) in [6.07, 6.45) is 3.74. The van der Waals surface area contributed by atoms with E-state index >= 15 is 0 Å². The highest BCUT2D eigenvalue weighted by molar-refractivity contribution is 5.82. The molecular weight excluding hydrogens is 226 g/mol. The van der Waals surface area contributed by atoms with Crippen LogP contribution in [0.3, 0.4) is 0 Å². The van der Waals surface area contributed by atoms with Crippen LogP contribution in [0.5, 0.6) is 0 Å². The molecule has 0 aliphatic carbocycles. The first-order valence-corrected chi connectivity index (χ1v) is 6.35. The third kappa shape index (κ3) is 6.09. The SMILES string of the molecule is CCCCNC(C)=CC(=O)OCc1ccccc1. The van der Waals surface area contributed by atoms with Gasteiger partial charge in [-0.1, -0.05) is 43.7 Å². The highest BCUT2D eigenvalue weighted by Gasteiger charge is 2.00. The largest absolute Gasteiger partial charge is 0.458 e. The van der Waals surface area contributed by atoms with Gasteiger partial charge in [-0.3, -0.25) is 0 Å². The molecule has 0 saturated heterocycles. The average molecular weight is 247 g/mol. The number of hydrogen-bond donors (Lipinski definition) is 1. The molecule has 0 atom stereocenters. The fourth-order valence-electron chi connectivity index (χ4n) is 1.46. The number of ether oxygens (including phenoxy) is 1. The van der Waals surface area contributed by atoms with Gasteiger partial charge in [-0.2, -0.15) is 0 Å². The summed E-state index contributed by atoms with van der Waals surface area (Å²) in [5.74, 6) is -0.305. The predicted molar refractivity (Wildman–Crippen MR) is 72.9 cm³/mol. The minimum atomic E-state index is -0.305. The lowest BCUT2D eigenvalue weighted by Crippen LogP contribution is -2.14. The molecule has 0 radical (unpaired) electrons. The van der Waals surface area contributed by atoms with Crippen LogP contribution in [0, 0.1) is 0 Å². The third-order valence-corrected chi connectivity index (χ3v) is 2.49. The fraction of sp³-hybridized carbons (Fsp3) is 0.400. The standard InChI is InChI=1S/C15H21NO2/c1-3-4-10-16-13(2)11-15(17)18-12-14-8-6-5-7-9-14/h5-9,11,16H,3-4,10,12H2,1-2H3. The number of carbonyl (C=O) groups is 1.